The van der Waals surface area contributed by atoms with Crippen molar-refractivity contribution in [2.45, 2.75) is 74.0 Å². The number of ether oxygens (including phenoxy) is 1. The zero-order valence-corrected chi connectivity index (χ0v) is 21.1. The van der Waals surface area contributed by atoms with Crippen LogP contribution in [0.5, 0.6) is 0 Å². The number of hydrogen-bond acceptors (Lipinski definition) is 7. The first-order chi connectivity index (χ1) is 17.3. The topological polar surface area (TPSA) is 125 Å². The average Bonchev–Trinajstić information content (AvgIpc) is 3.48. The Balaban J connectivity index is 1.23. The number of hydrogen-bond donors (Lipinski definition) is 3. The molecule has 1 aromatic carbocycles. The van der Waals surface area contributed by atoms with E-state index >= 15 is 0 Å². The molecule has 0 radical (unpaired) electrons. The number of nitrogens with zero attached hydrogens (tertiary/aromatic N) is 1. The zero-order chi connectivity index (χ0) is 25.4. The number of esters is 1. The fraction of sp³-hybridized carbons (Fsp3) is 0.615. The third kappa shape index (κ3) is 4.72. The number of nitrogens with one attached hydrogen (secondary N) is 2. The molecule has 5 rings (SSSR count). The van der Waals surface area contributed by atoms with Gasteiger partial charge in [0.25, 0.3) is 0 Å². The molecule has 2 bridgehead atoms. The van der Waals surface area contributed by atoms with Gasteiger partial charge in [0.2, 0.25) is 0 Å². The van der Waals surface area contributed by atoms with Crippen LogP contribution in [-0.2, 0) is 14.3 Å². The van der Waals surface area contributed by atoms with Gasteiger partial charge in [-0.25, -0.2) is 4.79 Å². The lowest BCUT2D eigenvalue weighted by Crippen LogP contribution is -2.60. The Labute approximate surface area is 214 Å². The molecule has 0 aromatic heterocycles. The molecule has 9 nitrogen and oxygen atoms in total. The van der Waals surface area contributed by atoms with E-state index in [9.17, 15) is 24.3 Å². The van der Waals surface area contributed by atoms with E-state index in [0.717, 1.165) is 18.6 Å². The molecular formula is C26H33N3O6S. The molecule has 0 spiro atoms. The van der Waals surface area contributed by atoms with Crippen LogP contribution in [0, 0.1) is 11.8 Å². The van der Waals surface area contributed by atoms with Crippen LogP contribution in [0.1, 0.15) is 48.9 Å². The number of fused-ring (bicyclic) bond motifs is 3. The lowest BCUT2D eigenvalue weighted by Gasteiger charge is -2.45. The maximum atomic E-state index is 13.6. The van der Waals surface area contributed by atoms with Crippen molar-refractivity contribution in [3.05, 3.63) is 35.9 Å². The van der Waals surface area contributed by atoms with Crippen LogP contribution in [0.15, 0.2) is 30.3 Å². The second-order valence-corrected chi connectivity index (χ2v) is 11.6. The van der Waals surface area contributed by atoms with Crippen LogP contribution in [0.2, 0.25) is 0 Å². The number of carbonyl (C=O) groups is 4. The third-order valence-corrected chi connectivity index (χ3v) is 9.82. The van der Waals surface area contributed by atoms with Crippen molar-refractivity contribution in [2.24, 2.45) is 11.8 Å². The van der Waals surface area contributed by atoms with Gasteiger partial charge < -0.3 is 20.5 Å². The lowest BCUT2D eigenvalue weighted by molar-refractivity contribution is -0.170. The van der Waals surface area contributed by atoms with Gasteiger partial charge in [-0.1, -0.05) is 36.8 Å². The van der Waals surface area contributed by atoms with Crippen molar-refractivity contribution in [3.8, 4) is 0 Å². The van der Waals surface area contributed by atoms with Crippen molar-refractivity contribution in [1.29, 1.82) is 0 Å². The first kappa shape index (κ1) is 25.1. The molecule has 4 fully saturated rings. The normalized spacial score (nSPS) is 35.1. The van der Waals surface area contributed by atoms with E-state index in [1.54, 1.807) is 24.3 Å². The van der Waals surface area contributed by atoms with Crippen molar-refractivity contribution in [2.75, 3.05) is 12.8 Å². The van der Waals surface area contributed by atoms with E-state index in [1.165, 1.54) is 0 Å². The summed E-state index contributed by atoms with van der Waals surface area (Å²) < 4.78 is 5.87. The van der Waals surface area contributed by atoms with E-state index in [4.69, 9.17) is 4.74 Å². The minimum absolute atomic E-state index is 0.112. The number of ketones is 1. The summed E-state index contributed by atoms with van der Waals surface area (Å²) >= 11 is 1.84. The molecule has 4 aliphatic heterocycles. The van der Waals surface area contributed by atoms with E-state index in [2.05, 4.69) is 10.6 Å². The van der Waals surface area contributed by atoms with Crippen LogP contribution < -0.4 is 10.6 Å². The monoisotopic (exact) mass is 515 g/mol. The molecule has 2 amide bonds. The number of piperidine rings is 1. The van der Waals surface area contributed by atoms with Crippen LogP contribution in [0.3, 0.4) is 0 Å². The van der Waals surface area contributed by atoms with Gasteiger partial charge in [0.15, 0.2) is 5.78 Å². The molecule has 8 atom stereocenters. The third-order valence-electron chi connectivity index (χ3n) is 8.31. The van der Waals surface area contributed by atoms with Crippen molar-refractivity contribution >= 4 is 35.5 Å². The molecule has 3 N–H and O–H groups in total. The quantitative estimate of drug-likeness (QED) is 0.198. The minimum atomic E-state index is -1.03. The number of thioether (sulfide) groups is 1. The predicted molar refractivity (Wildman–Crippen MR) is 134 cm³/mol. The van der Waals surface area contributed by atoms with Crippen LogP contribution in [-0.4, -0.2) is 82.1 Å². The van der Waals surface area contributed by atoms with E-state index in [0.29, 0.717) is 30.1 Å². The molecule has 1 aromatic rings. The van der Waals surface area contributed by atoms with Crippen LogP contribution in [0.4, 0.5) is 4.79 Å². The number of unbranched alkanes of at least 4 members (excludes halogenated alkanes) is 1. The smallest absolute Gasteiger partial charge is 0.315 e. The highest BCUT2D eigenvalue weighted by atomic mass is 32.2. The fourth-order valence-corrected chi connectivity index (χ4v) is 8.10. The summed E-state index contributed by atoms with van der Waals surface area (Å²) in [6.07, 6.45) is 2.86. The van der Waals surface area contributed by atoms with E-state index in [1.807, 2.05) is 29.8 Å². The molecule has 1 unspecified atom stereocenters. The number of benzene rings is 1. The second-order valence-electron chi connectivity index (χ2n) is 10.3. The highest BCUT2D eigenvalue weighted by Gasteiger charge is 2.58. The highest BCUT2D eigenvalue weighted by Crippen LogP contribution is 2.44. The first-order valence-electron chi connectivity index (χ1n) is 12.8. The number of rotatable bonds is 9. The zero-order valence-electron chi connectivity index (χ0n) is 20.3. The maximum Gasteiger partial charge on any atom is 0.315 e. The Bertz CT molecular complexity index is 1020. The minimum Gasteiger partial charge on any atom is -0.481 e. The fourth-order valence-electron chi connectivity index (χ4n) is 6.56. The van der Waals surface area contributed by atoms with Gasteiger partial charge >= 0.3 is 18.0 Å². The number of amides is 2. The Morgan fingerprint density at radius 1 is 1.08 bits per heavy atom. The van der Waals surface area contributed by atoms with Crippen LogP contribution >= 0.6 is 11.8 Å². The number of carboxylic acid groups (broad SMARTS) is 1. The maximum absolute atomic E-state index is 13.6. The summed E-state index contributed by atoms with van der Waals surface area (Å²) in [6.45, 7) is 0. The largest absolute Gasteiger partial charge is 0.481 e. The summed E-state index contributed by atoms with van der Waals surface area (Å²) in [6, 6.07) is 8.63. The number of Topliss-reactive ketones (excluding diaryl/α,β-unsaturated/α-hetero) is 1. The molecule has 10 heteroatoms. The second kappa shape index (κ2) is 10.4. The Kier molecular flexibility index (Phi) is 7.25. The molecule has 4 heterocycles. The summed E-state index contributed by atoms with van der Waals surface area (Å²) in [5.41, 5.74) is 0.507. The van der Waals surface area contributed by atoms with Gasteiger partial charge in [-0.05, 0) is 32.7 Å². The summed E-state index contributed by atoms with van der Waals surface area (Å²) in [5.74, 6) is -2.42. The number of carbonyl (C=O) groups excluding carboxylic acids is 3. The molecule has 4 aliphatic rings. The lowest BCUT2D eigenvalue weighted by atomic mass is 9.76. The number of carboxylic acids is 1. The Morgan fingerprint density at radius 3 is 2.53 bits per heavy atom. The van der Waals surface area contributed by atoms with Gasteiger partial charge in [-0.3, -0.25) is 19.3 Å². The van der Waals surface area contributed by atoms with Crippen molar-refractivity contribution < 1.29 is 29.0 Å². The van der Waals surface area contributed by atoms with Gasteiger partial charge in [0.1, 0.15) is 12.0 Å². The molecular weight excluding hydrogens is 482 g/mol. The first-order valence-corrected chi connectivity index (χ1v) is 13.8. The van der Waals surface area contributed by atoms with E-state index in [-0.39, 0.29) is 42.4 Å². The number of urea groups is 1. The molecule has 194 valence electrons. The van der Waals surface area contributed by atoms with Gasteiger partial charge in [0.05, 0.1) is 18.0 Å². The summed E-state index contributed by atoms with van der Waals surface area (Å²) in [7, 11) is 1.87. The van der Waals surface area contributed by atoms with Crippen LogP contribution in [0.25, 0.3) is 0 Å². The Hall–Kier alpha value is -2.59. The van der Waals surface area contributed by atoms with Gasteiger partial charge in [-0.15, -0.1) is 0 Å². The molecule has 0 saturated carbocycles. The molecule has 36 heavy (non-hydrogen) atoms. The van der Waals surface area contributed by atoms with Gasteiger partial charge in [-0.2, -0.15) is 11.8 Å². The van der Waals surface area contributed by atoms with Gasteiger partial charge in [0, 0.05) is 35.1 Å². The Morgan fingerprint density at radius 2 is 1.81 bits per heavy atom. The molecule has 4 saturated heterocycles. The van der Waals surface area contributed by atoms with Crippen molar-refractivity contribution in [3.63, 3.8) is 0 Å². The standard InChI is InChI=1S/C26H33N3O6S/c1-29-16-11-12-17(29)21(25(32)33)24(20(16)23(31)14-7-3-2-4-8-14)35-19(30)10-6-5-9-18-22-15(13-36-18)27-26(34)28-22/h2-4,7-8,15-18,20-22,24H,5-6,9-13H2,1H3,(H,32,33)(H2,27,28,34)/t15-,16-,17+,18-,20?,21+,22-,24-/m0/s1. The predicted octanol–water partition coefficient (Wildman–Crippen LogP) is 2.30. The summed E-state index contributed by atoms with van der Waals surface area (Å²) in [5, 5.41) is 16.3. The average molecular weight is 516 g/mol. The number of aliphatic carboxylic acids is 1. The van der Waals surface area contributed by atoms with Crippen molar-refractivity contribution in [1.82, 2.24) is 15.5 Å². The summed E-state index contributed by atoms with van der Waals surface area (Å²) in [4.78, 5) is 52.4. The van der Waals surface area contributed by atoms with E-state index < -0.39 is 29.9 Å². The molecule has 0 aliphatic carbocycles. The highest BCUT2D eigenvalue weighted by molar-refractivity contribution is 8.00. The SMILES string of the molecule is CN1[C@@H]2CC[C@H]1C(C(=O)c1ccccc1)[C@H](OC(=O)CCCC[C@@H]1SC[C@@H]3NC(=O)N[C@@H]31)[C@@H]2C(=O)O.